The van der Waals surface area contributed by atoms with Gasteiger partial charge in [0.05, 0.1) is 0 Å². The summed E-state index contributed by atoms with van der Waals surface area (Å²) < 4.78 is 0. The summed E-state index contributed by atoms with van der Waals surface area (Å²) in [5.74, 6) is 0. The fraction of sp³-hybridized carbons (Fsp3) is 0. The molecule has 0 aromatic carbocycles. The van der Waals surface area contributed by atoms with Crippen LogP contribution in [0.5, 0.6) is 0 Å². The van der Waals surface area contributed by atoms with E-state index in [0.29, 0.717) is 0 Å². The fourth-order valence-corrected chi connectivity index (χ4v) is 0. The molecule has 4 heteroatoms. The van der Waals surface area contributed by atoms with Crippen LogP contribution in [0.3, 0.4) is 0 Å². The average molecular weight is 293 g/mol. The number of halogens is 2. The molecule has 0 aromatic rings. The van der Waals surface area contributed by atoms with Gasteiger partial charge in [0.15, 0.2) is 0 Å². The second kappa shape index (κ2) is 15.9. The van der Waals surface area contributed by atoms with Gasteiger partial charge in [0.1, 0.15) is 0 Å². The third kappa shape index (κ3) is 9.21. The minimum Gasteiger partial charge on any atom is -1.00 e. The van der Waals surface area contributed by atoms with Crippen LogP contribution in [0.15, 0.2) is 0 Å². The molecule has 4 heavy (non-hydrogen) atoms. The van der Waals surface area contributed by atoms with E-state index in [1.807, 2.05) is 0 Å². The van der Waals surface area contributed by atoms with Crippen LogP contribution >= 0.6 is 41.0 Å². The SMILES string of the molecule is Br.I.[Ca+2].[Ca+2].[H-].[H-].[H-].[H-]. The standard InChI is InChI=1S/BrH.2Ca.HI.4H/h1H;;;1H;;;;/q;2*+2;;4*-1. The van der Waals surface area contributed by atoms with Crippen LogP contribution in [-0.4, -0.2) is 75.5 Å². The van der Waals surface area contributed by atoms with Gasteiger partial charge >= 0.3 is 75.5 Å². The summed E-state index contributed by atoms with van der Waals surface area (Å²) >= 11 is 0. The predicted molar refractivity (Wildman–Crippen MR) is 41.7 cm³/mol. The first-order chi connectivity index (χ1) is 0. The molecular weight excluding hydrogens is 287 g/mol. The summed E-state index contributed by atoms with van der Waals surface area (Å²) in [7, 11) is 0. The molecule has 0 spiro atoms. The van der Waals surface area contributed by atoms with Gasteiger partial charge in [-0.1, -0.05) is 0 Å². The Morgan fingerprint density at radius 3 is 1.00 bits per heavy atom. The quantitative estimate of drug-likeness (QED) is 0.459. The molecule has 0 unspecified atom stereocenters. The zero-order valence-corrected chi connectivity index (χ0v) is 10.7. The molecule has 0 atom stereocenters. The zero-order valence-electron chi connectivity index (χ0n) is 6.23. The van der Waals surface area contributed by atoms with E-state index < -0.39 is 0 Å². The van der Waals surface area contributed by atoms with Gasteiger partial charge in [0.25, 0.3) is 0 Å². The van der Waals surface area contributed by atoms with Crippen LogP contribution in [0.2, 0.25) is 0 Å². The van der Waals surface area contributed by atoms with E-state index in [4.69, 9.17) is 0 Å². The molecule has 0 nitrogen and oxygen atoms in total. The molecule has 0 amide bonds. The molecular formula is H6BrCa2I. The van der Waals surface area contributed by atoms with E-state index in [0.717, 1.165) is 0 Å². The van der Waals surface area contributed by atoms with Crippen LogP contribution in [-0.2, 0) is 0 Å². The van der Waals surface area contributed by atoms with E-state index in [1.165, 1.54) is 0 Å². The van der Waals surface area contributed by atoms with Crippen LogP contribution in [0.1, 0.15) is 5.71 Å². The van der Waals surface area contributed by atoms with Crippen molar-refractivity contribution in [2.45, 2.75) is 0 Å². The molecule has 0 aromatic heterocycles. The largest absolute Gasteiger partial charge is 2.00 e. The number of rotatable bonds is 0. The Labute approximate surface area is 119 Å². The molecule has 0 bridgehead atoms. The van der Waals surface area contributed by atoms with Crippen molar-refractivity contribution >= 4 is 116 Å². The summed E-state index contributed by atoms with van der Waals surface area (Å²) in [4.78, 5) is 0. The Bertz CT molecular complexity index is 14.0. The first-order valence-electron chi connectivity index (χ1n) is 0. The van der Waals surface area contributed by atoms with Gasteiger partial charge in [0, 0.05) is 0 Å². The maximum atomic E-state index is 0. The smallest absolute Gasteiger partial charge is 1.00 e. The third-order valence-electron chi connectivity index (χ3n) is 0. The molecule has 0 aliphatic heterocycles. The van der Waals surface area contributed by atoms with Crippen molar-refractivity contribution < 1.29 is 5.71 Å². The van der Waals surface area contributed by atoms with E-state index in [2.05, 4.69) is 0 Å². The van der Waals surface area contributed by atoms with Crippen molar-refractivity contribution in [3.8, 4) is 0 Å². The molecule has 0 rings (SSSR count). The summed E-state index contributed by atoms with van der Waals surface area (Å²) in [6.45, 7) is 0. The second-order valence-electron chi connectivity index (χ2n) is 0. The minimum atomic E-state index is 0. The summed E-state index contributed by atoms with van der Waals surface area (Å²) in [6.07, 6.45) is 0. The van der Waals surface area contributed by atoms with Gasteiger partial charge in [-0.2, -0.15) is 0 Å². The first kappa shape index (κ1) is 25.2. The van der Waals surface area contributed by atoms with Crippen LogP contribution in [0.25, 0.3) is 0 Å². The Morgan fingerprint density at radius 1 is 1.00 bits per heavy atom. The maximum absolute atomic E-state index is 0. The Kier molecular flexibility index (Phi) is 99.9. The summed E-state index contributed by atoms with van der Waals surface area (Å²) in [6, 6.07) is 0. The second-order valence-corrected chi connectivity index (χ2v) is 0. The van der Waals surface area contributed by atoms with Gasteiger partial charge in [-0.05, 0) is 0 Å². The van der Waals surface area contributed by atoms with Gasteiger partial charge in [-0.3, -0.25) is 0 Å². The van der Waals surface area contributed by atoms with E-state index in [9.17, 15) is 0 Å². The molecule has 24 valence electrons. The minimum absolute atomic E-state index is 0. The Morgan fingerprint density at radius 2 is 1.00 bits per heavy atom. The normalized spacial score (nSPS) is 0. The monoisotopic (exact) mass is 292 g/mol. The van der Waals surface area contributed by atoms with Crippen molar-refractivity contribution in [2.75, 3.05) is 0 Å². The molecule has 0 heterocycles. The zero-order chi connectivity index (χ0) is 0. The summed E-state index contributed by atoms with van der Waals surface area (Å²) in [5, 5.41) is 0. The van der Waals surface area contributed by atoms with Gasteiger partial charge < -0.3 is 5.71 Å². The van der Waals surface area contributed by atoms with Crippen molar-refractivity contribution in [3.63, 3.8) is 0 Å². The van der Waals surface area contributed by atoms with Crippen LogP contribution < -0.4 is 0 Å². The topological polar surface area (TPSA) is 0 Å². The maximum Gasteiger partial charge on any atom is 2.00 e. The third-order valence-corrected chi connectivity index (χ3v) is 0. The van der Waals surface area contributed by atoms with Crippen LogP contribution in [0.4, 0.5) is 0 Å². The summed E-state index contributed by atoms with van der Waals surface area (Å²) in [5.41, 5.74) is 0. The van der Waals surface area contributed by atoms with Crippen LogP contribution in [0, 0.1) is 0 Å². The predicted octanol–water partition coefficient (Wildman–Crippen LogP) is 0.884. The first-order valence-corrected chi connectivity index (χ1v) is 0. The molecule has 0 aliphatic rings. The molecule has 0 saturated carbocycles. The van der Waals surface area contributed by atoms with Crippen molar-refractivity contribution in [1.29, 1.82) is 0 Å². The van der Waals surface area contributed by atoms with Gasteiger partial charge in [-0.15, -0.1) is 41.0 Å². The van der Waals surface area contributed by atoms with Crippen molar-refractivity contribution in [3.05, 3.63) is 0 Å². The number of hydrogen-bond donors (Lipinski definition) is 0. The molecule has 0 saturated heterocycles. The van der Waals surface area contributed by atoms with Gasteiger partial charge in [0.2, 0.25) is 0 Å². The molecule has 0 radical (unpaired) electrons. The molecule has 0 fully saturated rings. The van der Waals surface area contributed by atoms with E-state index in [1.54, 1.807) is 0 Å². The van der Waals surface area contributed by atoms with Crippen molar-refractivity contribution in [2.24, 2.45) is 0 Å². The number of hydrogen-bond acceptors (Lipinski definition) is 0. The molecule has 0 N–H and O–H groups in total. The van der Waals surface area contributed by atoms with Gasteiger partial charge in [-0.25, -0.2) is 0 Å². The van der Waals surface area contributed by atoms with E-state index in [-0.39, 0.29) is 122 Å². The fourth-order valence-electron chi connectivity index (χ4n) is 0. The average Bonchev–Trinajstić information content (AvgIpc) is 0. The Hall–Kier alpha value is 3.73. The van der Waals surface area contributed by atoms with E-state index >= 15 is 0 Å². The van der Waals surface area contributed by atoms with Crippen molar-refractivity contribution in [1.82, 2.24) is 0 Å². The Balaban J connectivity index is 0. The molecule has 0 aliphatic carbocycles.